The van der Waals surface area contributed by atoms with Gasteiger partial charge in [0.2, 0.25) is 11.1 Å². The number of hydrogen-bond donors (Lipinski definition) is 3. The Kier molecular flexibility index (Phi) is 5.65. The molecule has 0 saturated carbocycles. The van der Waals surface area contributed by atoms with Gasteiger partial charge < -0.3 is 10.4 Å². The van der Waals surface area contributed by atoms with Crippen molar-refractivity contribution >= 4 is 29.3 Å². The van der Waals surface area contributed by atoms with E-state index in [-0.39, 0.29) is 18.1 Å². The highest BCUT2D eigenvalue weighted by Crippen LogP contribution is 2.19. The van der Waals surface area contributed by atoms with Crippen LogP contribution in [0.5, 0.6) is 0 Å². The van der Waals surface area contributed by atoms with Gasteiger partial charge in [0.05, 0.1) is 12.2 Å². The summed E-state index contributed by atoms with van der Waals surface area (Å²) < 4.78 is 0. The number of aromatic nitrogens is 3. The molecule has 132 valence electrons. The van der Waals surface area contributed by atoms with Crippen LogP contribution in [0.4, 0.5) is 5.69 Å². The second kappa shape index (κ2) is 8.30. The lowest BCUT2D eigenvalue weighted by Crippen LogP contribution is -2.14. The summed E-state index contributed by atoms with van der Waals surface area (Å²) >= 11 is 1.23. The molecule has 8 heteroatoms. The molecular weight excluding hydrogens is 352 g/mol. The Hall–Kier alpha value is -3.13. The maximum absolute atomic E-state index is 12.0. The molecule has 0 aliphatic rings. The van der Waals surface area contributed by atoms with Crippen molar-refractivity contribution in [2.45, 2.75) is 11.6 Å². The number of hydrogen-bond acceptors (Lipinski definition) is 5. The van der Waals surface area contributed by atoms with Crippen molar-refractivity contribution in [2.24, 2.45) is 0 Å². The molecule has 0 atom stereocenters. The van der Waals surface area contributed by atoms with E-state index < -0.39 is 5.97 Å². The first-order chi connectivity index (χ1) is 12.6. The molecule has 1 aromatic heterocycles. The number of nitrogens with zero attached hydrogens (tertiary/aromatic N) is 2. The molecule has 3 rings (SSSR count). The molecule has 1 amide bonds. The van der Waals surface area contributed by atoms with Gasteiger partial charge in [-0.1, -0.05) is 54.2 Å². The highest BCUT2D eigenvalue weighted by molar-refractivity contribution is 7.99. The van der Waals surface area contributed by atoms with E-state index in [0.717, 1.165) is 5.56 Å². The van der Waals surface area contributed by atoms with Crippen molar-refractivity contribution in [3.63, 3.8) is 0 Å². The quantitative estimate of drug-likeness (QED) is 0.554. The molecule has 0 aliphatic carbocycles. The average Bonchev–Trinajstić information content (AvgIpc) is 3.11. The number of rotatable bonds is 7. The number of benzene rings is 2. The van der Waals surface area contributed by atoms with Crippen LogP contribution < -0.4 is 5.32 Å². The number of anilines is 1. The minimum absolute atomic E-state index is 0.0430. The molecular formula is C18H16N4O3S. The van der Waals surface area contributed by atoms with Crippen molar-refractivity contribution < 1.29 is 14.7 Å². The van der Waals surface area contributed by atoms with Gasteiger partial charge in [-0.25, -0.2) is 4.98 Å². The molecule has 0 bridgehead atoms. The van der Waals surface area contributed by atoms with Gasteiger partial charge in [-0.15, -0.1) is 5.10 Å². The summed E-state index contributed by atoms with van der Waals surface area (Å²) in [5.41, 5.74) is 2.22. The van der Waals surface area contributed by atoms with Crippen LogP contribution in [-0.4, -0.2) is 37.9 Å². The van der Waals surface area contributed by atoms with E-state index in [1.807, 2.05) is 30.3 Å². The zero-order chi connectivity index (χ0) is 18.4. The molecule has 1 heterocycles. The number of carbonyl (C=O) groups is 2. The van der Waals surface area contributed by atoms with Crippen LogP contribution in [-0.2, 0) is 16.0 Å². The predicted molar refractivity (Wildman–Crippen MR) is 99.0 cm³/mol. The molecule has 0 spiro atoms. The summed E-state index contributed by atoms with van der Waals surface area (Å²) in [6.45, 7) is 0. The van der Waals surface area contributed by atoms with Crippen LogP contribution in [0.25, 0.3) is 11.4 Å². The molecule has 0 saturated heterocycles. The lowest BCUT2D eigenvalue weighted by Gasteiger charge is -2.05. The first-order valence-electron chi connectivity index (χ1n) is 7.81. The number of amides is 1. The van der Waals surface area contributed by atoms with Crippen LogP contribution >= 0.6 is 11.8 Å². The minimum Gasteiger partial charge on any atom is -0.481 e. The van der Waals surface area contributed by atoms with Crippen LogP contribution in [0.3, 0.4) is 0 Å². The summed E-state index contributed by atoms with van der Waals surface area (Å²) in [6.07, 6.45) is -0.0430. The standard InChI is InChI=1S/C18H16N4O3S/c23-15(19-14-8-6-12(7-9-14)10-16(24)25)11-26-18-20-17(21-22-18)13-4-2-1-3-5-13/h1-9H,10-11H2,(H,19,23)(H,24,25)(H,20,21,22). The van der Waals surface area contributed by atoms with Crippen LogP contribution in [0.1, 0.15) is 5.56 Å². The van der Waals surface area contributed by atoms with E-state index in [1.54, 1.807) is 24.3 Å². The largest absolute Gasteiger partial charge is 0.481 e. The number of carbonyl (C=O) groups excluding carboxylic acids is 1. The number of nitrogens with one attached hydrogen (secondary N) is 2. The number of carboxylic acids is 1. The van der Waals surface area contributed by atoms with Crippen LogP contribution in [0, 0.1) is 0 Å². The van der Waals surface area contributed by atoms with E-state index >= 15 is 0 Å². The van der Waals surface area contributed by atoms with Crippen molar-refractivity contribution in [3.8, 4) is 11.4 Å². The smallest absolute Gasteiger partial charge is 0.307 e. The highest BCUT2D eigenvalue weighted by atomic mass is 32.2. The molecule has 7 nitrogen and oxygen atoms in total. The summed E-state index contributed by atoms with van der Waals surface area (Å²) in [5.74, 6) is -0.252. The Balaban J connectivity index is 1.51. The number of thioether (sulfide) groups is 1. The van der Waals surface area contributed by atoms with Gasteiger partial charge in [0, 0.05) is 11.3 Å². The minimum atomic E-state index is -0.889. The Morgan fingerprint density at radius 3 is 2.50 bits per heavy atom. The number of aromatic amines is 1. The van der Waals surface area contributed by atoms with E-state index in [1.165, 1.54) is 11.8 Å². The van der Waals surface area contributed by atoms with E-state index in [2.05, 4.69) is 20.5 Å². The zero-order valence-corrected chi connectivity index (χ0v) is 14.5. The molecule has 2 aromatic carbocycles. The third-order valence-electron chi connectivity index (χ3n) is 3.44. The van der Waals surface area contributed by atoms with Crippen molar-refractivity contribution in [2.75, 3.05) is 11.1 Å². The molecule has 0 unspecified atom stereocenters. The fourth-order valence-corrected chi connectivity index (χ4v) is 2.84. The summed E-state index contributed by atoms with van der Waals surface area (Å²) in [5, 5.41) is 19.0. The number of carboxylic acid groups (broad SMARTS) is 1. The predicted octanol–water partition coefficient (Wildman–Crippen LogP) is 2.83. The van der Waals surface area contributed by atoms with Crippen molar-refractivity contribution in [1.29, 1.82) is 0 Å². The number of H-pyrrole nitrogens is 1. The van der Waals surface area contributed by atoms with Crippen LogP contribution in [0.2, 0.25) is 0 Å². The third kappa shape index (κ3) is 4.93. The van der Waals surface area contributed by atoms with Crippen LogP contribution in [0.15, 0.2) is 59.8 Å². The first-order valence-corrected chi connectivity index (χ1v) is 8.80. The van der Waals surface area contributed by atoms with Crippen molar-refractivity contribution in [3.05, 3.63) is 60.2 Å². The van der Waals surface area contributed by atoms with E-state index in [4.69, 9.17) is 5.11 Å². The second-order valence-electron chi connectivity index (χ2n) is 5.44. The Bertz CT molecular complexity index is 894. The monoisotopic (exact) mass is 368 g/mol. The molecule has 3 N–H and O–H groups in total. The SMILES string of the molecule is O=C(O)Cc1ccc(NC(=O)CSc2n[nH]c(-c3ccccc3)n2)cc1. The summed E-state index contributed by atoms with van der Waals surface area (Å²) in [7, 11) is 0. The van der Waals surface area contributed by atoms with E-state index in [9.17, 15) is 9.59 Å². The molecule has 0 fully saturated rings. The van der Waals surface area contributed by atoms with Gasteiger partial charge in [-0.3, -0.25) is 14.7 Å². The molecule has 0 radical (unpaired) electrons. The van der Waals surface area contributed by atoms with E-state index in [0.29, 0.717) is 22.2 Å². The molecule has 3 aromatic rings. The van der Waals surface area contributed by atoms with Gasteiger partial charge in [0.15, 0.2) is 5.82 Å². The maximum atomic E-state index is 12.0. The summed E-state index contributed by atoms with van der Waals surface area (Å²) in [4.78, 5) is 27.0. The first kappa shape index (κ1) is 17.7. The molecule has 0 aliphatic heterocycles. The molecule has 26 heavy (non-hydrogen) atoms. The van der Waals surface area contributed by atoms with Gasteiger partial charge >= 0.3 is 5.97 Å². The van der Waals surface area contributed by atoms with Gasteiger partial charge in [0.25, 0.3) is 0 Å². The zero-order valence-electron chi connectivity index (χ0n) is 13.7. The van der Waals surface area contributed by atoms with Gasteiger partial charge in [0.1, 0.15) is 0 Å². The van der Waals surface area contributed by atoms with Gasteiger partial charge in [-0.05, 0) is 17.7 Å². The average molecular weight is 368 g/mol. The Morgan fingerprint density at radius 2 is 1.81 bits per heavy atom. The summed E-state index contributed by atoms with van der Waals surface area (Å²) in [6, 6.07) is 16.3. The third-order valence-corrected chi connectivity index (χ3v) is 4.28. The maximum Gasteiger partial charge on any atom is 0.307 e. The fourth-order valence-electron chi connectivity index (χ4n) is 2.24. The highest BCUT2D eigenvalue weighted by Gasteiger charge is 2.09. The normalized spacial score (nSPS) is 10.5. The Labute approximate surface area is 153 Å². The van der Waals surface area contributed by atoms with Gasteiger partial charge in [-0.2, -0.15) is 0 Å². The lowest BCUT2D eigenvalue weighted by atomic mass is 10.1. The Morgan fingerprint density at radius 1 is 1.08 bits per heavy atom. The van der Waals surface area contributed by atoms with Crippen molar-refractivity contribution in [1.82, 2.24) is 15.2 Å². The number of aliphatic carboxylic acids is 1. The lowest BCUT2D eigenvalue weighted by molar-refractivity contribution is -0.136. The topological polar surface area (TPSA) is 108 Å². The fraction of sp³-hybridized carbons (Fsp3) is 0.111. The second-order valence-corrected chi connectivity index (χ2v) is 6.38.